The van der Waals surface area contributed by atoms with Gasteiger partial charge >= 0.3 is 17.9 Å². The monoisotopic (exact) mass is 1140 g/mol. The van der Waals surface area contributed by atoms with E-state index in [-0.39, 0.29) is 37.5 Å². The summed E-state index contributed by atoms with van der Waals surface area (Å²) in [4.78, 5) is 38.4. The average Bonchev–Trinajstić information content (AvgIpc) is 3.47. The number of carbonyl (C=O) groups is 3. The summed E-state index contributed by atoms with van der Waals surface area (Å²) in [6.07, 6.45) is 93.4. The van der Waals surface area contributed by atoms with Crippen LogP contribution in [0.3, 0.4) is 0 Å². The second-order valence-electron chi connectivity index (χ2n) is 23.8. The van der Waals surface area contributed by atoms with Crippen molar-refractivity contribution in [3.63, 3.8) is 0 Å². The predicted octanol–water partition coefficient (Wildman–Crippen LogP) is 24.6. The number of ether oxygens (including phenoxy) is 3. The van der Waals surface area contributed by atoms with Gasteiger partial charge in [-0.3, -0.25) is 14.4 Å². The van der Waals surface area contributed by atoms with Crippen LogP contribution in [0.2, 0.25) is 0 Å². The van der Waals surface area contributed by atoms with E-state index < -0.39 is 6.10 Å². The third kappa shape index (κ3) is 67.4. The summed E-state index contributed by atoms with van der Waals surface area (Å²) in [6, 6.07) is 0. The molecule has 0 aliphatic heterocycles. The molecule has 0 aliphatic rings. The molecular formula is C76H134O6. The zero-order valence-corrected chi connectivity index (χ0v) is 54.5. The second-order valence-corrected chi connectivity index (χ2v) is 23.8. The van der Waals surface area contributed by atoms with Gasteiger partial charge in [-0.15, -0.1) is 0 Å². The lowest BCUT2D eigenvalue weighted by molar-refractivity contribution is -0.167. The van der Waals surface area contributed by atoms with Crippen molar-refractivity contribution in [2.24, 2.45) is 0 Å². The smallest absolute Gasteiger partial charge is 0.306 e. The minimum atomic E-state index is -0.805. The van der Waals surface area contributed by atoms with E-state index in [2.05, 4.69) is 106 Å². The van der Waals surface area contributed by atoms with Crippen molar-refractivity contribution < 1.29 is 28.6 Å². The van der Waals surface area contributed by atoms with Crippen molar-refractivity contribution >= 4 is 17.9 Å². The van der Waals surface area contributed by atoms with Crippen LogP contribution in [0.25, 0.3) is 0 Å². The van der Waals surface area contributed by atoms with Crippen molar-refractivity contribution in [2.45, 2.75) is 367 Å². The predicted molar refractivity (Wildman–Crippen MR) is 358 cm³/mol. The molecule has 6 nitrogen and oxygen atoms in total. The third-order valence-corrected chi connectivity index (χ3v) is 15.6. The van der Waals surface area contributed by atoms with Crippen LogP contribution in [0.5, 0.6) is 0 Å². The van der Waals surface area contributed by atoms with E-state index in [4.69, 9.17) is 14.2 Å². The van der Waals surface area contributed by atoms with E-state index >= 15 is 0 Å². The molecule has 1 unspecified atom stereocenters. The van der Waals surface area contributed by atoms with Crippen LogP contribution in [0.15, 0.2) is 85.1 Å². The first-order valence-electron chi connectivity index (χ1n) is 35.6. The zero-order chi connectivity index (χ0) is 59.2. The van der Waals surface area contributed by atoms with Gasteiger partial charge in [0.2, 0.25) is 0 Å². The quantitative estimate of drug-likeness (QED) is 0.0261. The number of hydrogen-bond donors (Lipinski definition) is 0. The number of hydrogen-bond acceptors (Lipinski definition) is 6. The van der Waals surface area contributed by atoms with Gasteiger partial charge in [-0.1, -0.05) is 337 Å². The summed E-state index contributed by atoms with van der Waals surface area (Å²) in [7, 11) is 0. The van der Waals surface area contributed by atoms with Crippen LogP contribution in [0, 0.1) is 0 Å². The van der Waals surface area contributed by atoms with Gasteiger partial charge in [0.25, 0.3) is 0 Å². The SMILES string of the molecule is CC/C=C\C/C=C\C/C=C\C/C=C\C/C=C\CCCC(=O)OCC(COC(=O)CCCCCCCCCCCCCCCCCCCCCCCCCCCCCCC)OC(=O)CCCCCCCCC/C=C\C/C=C\CCCCCC. The molecule has 474 valence electrons. The van der Waals surface area contributed by atoms with Crippen LogP contribution in [0.1, 0.15) is 361 Å². The number of unbranched alkanes of at least 4 members (excludes halogenated alkanes) is 40. The molecule has 0 aromatic heterocycles. The first kappa shape index (κ1) is 78.6. The third-order valence-electron chi connectivity index (χ3n) is 15.6. The normalized spacial score (nSPS) is 12.6. The van der Waals surface area contributed by atoms with E-state index in [0.717, 1.165) is 89.9 Å². The van der Waals surface area contributed by atoms with Crippen LogP contribution in [0.4, 0.5) is 0 Å². The lowest BCUT2D eigenvalue weighted by Crippen LogP contribution is -2.30. The lowest BCUT2D eigenvalue weighted by Gasteiger charge is -2.18. The summed E-state index contributed by atoms with van der Waals surface area (Å²) in [6.45, 7) is 6.51. The van der Waals surface area contributed by atoms with E-state index in [9.17, 15) is 14.4 Å². The van der Waals surface area contributed by atoms with Crippen LogP contribution >= 0.6 is 0 Å². The Hall–Kier alpha value is -3.41. The average molecular weight is 1140 g/mol. The topological polar surface area (TPSA) is 78.9 Å². The molecule has 0 aromatic rings. The van der Waals surface area contributed by atoms with E-state index in [0.29, 0.717) is 19.3 Å². The molecule has 0 aliphatic carbocycles. The Kier molecular flexibility index (Phi) is 67.2. The van der Waals surface area contributed by atoms with Gasteiger partial charge in [-0.2, -0.15) is 0 Å². The van der Waals surface area contributed by atoms with Crippen molar-refractivity contribution in [1.29, 1.82) is 0 Å². The Morgan fingerprint density at radius 1 is 0.256 bits per heavy atom. The van der Waals surface area contributed by atoms with Crippen molar-refractivity contribution in [3.8, 4) is 0 Å². The second kappa shape index (κ2) is 70.1. The summed E-state index contributed by atoms with van der Waals surface area (Å²) in [5, 5.41) is 0. The highest BCUT2D eigenvalue weighted by atomic mass is 16.6. The molecule has 0 aromatic carbocycles. The standard InChI is InChI=1S/C76H134O6/c1-4-7-10-13-16-19-22-25-28-31-33-34-35-36-37-38-39-40-41-42-43-46-48-51-54-57-60-63-66-69-75(78)81-72-73(71-80-74(77)68-65-62-59-56-53-50-47-44-30-27-24-21-18-15-12-9-6-3)82-76(79)70-67-64-61-58-55-52-49-45-32-29-26-23-20-17-14-11-8-5-2/h9,12,18,20-21,23,27,29-30,32,47,50,56,59,73H,4-8,10-11,13-17,19,22,24-26,28,31,33-46,48-49,51-55,57-58,60-72H2,1-3H3/b12-9-,21-18-,23-20-,30-27-,32-29-,50-47-,59-56-. The van der Waals surface area contributed by atoms with Gasteiger partial charge in [0.05, 0.1) is 0 Å². The molecule has 0 radical (unpaired) electrons. The molecule has 0 heterocycles. The molecule has 82 heavy (non-hydrogen) atoms. The number of allylic oxidation sites excluding steroid dienone is 14. The summed E-state index contributed by atoms with van der Waals surface area (Å²) < 4.78 is 16.9. The van der Waals surface area contributed by atoms with E-state index in [1.165, 1.54) is 225 Å². The Morgan fingerprint density at radius 3 is 0.805 bits per heavy atom. The summed E-state index contributed by atoms with van der Waals surface area (Å²) in [5.41, 5.74) is 0. The number of esters is 3. The molecule has 0 amide bonds. The first-order valence-corrected chi connectivity index (χ1v) is 35.6. The molecule has 0 N–H and O–H groups in total. The lowest BCUT2D eigenvalue weighted by atomic mass is 10.0. The maximum absolute atomic E-state index is 12.9. The van der Waals surface area contributed by atoms with Gasteiger partial charge in [-0.05, 0) is 89.9 Å². The number of carbonyl (C=O) groups excluding carboxylic acids is 3. The largest absolute Gasteiger partial charge is 0.462 e. The van der Waals surface area contributed by atoms with Gasteiger partial charge in [0.1, 0.15) is 13.2 Å². The molecule has 0 rings (SSSR count). The maximum atomic E-state index is 12.9. The molecule has 0 saturated carbocycles. The van der Waals surface area contributed by atoms with Gasteiger partial charge < -0.3 is 14.2 Å². The molecule has 1 atom stereocenters. The van der Waals surface area contributed by atoms with E-state index in [1.807, 2.05) is 0 Å². The number of rotatable bonds is 65. The van der Waals surface area contributed by atoms with Gasteiger partial charge in [-0.25, -0.2) is 0 Å². The molecular weight excluding hydrogens is 1010 g/mol. The Morgan fingerprint density at radius 2 is 0.488 bits per heavy atom. The van der Waals surface area contributed by atoms with Crippen LogP contribution < -0.4 is 0 Å². The molecule has 0 bridgehead atoms. The summed E-state index contributed by atoms with van der Waals surface area (Å²) >= 11 is 0. The van der Waals surface area contributed by atoms with Crippen molar-refractivity contribution in [3.05, 3.63) is 85.1 Å². The molecule has 0 saturated heterocycles. The van der Waals surface area contributed by atoms with E-state index in [1.54, 1.807) is 0 Å². The molecule has 0 fully saturated rings. The van der Waals surface area contributed by atoms with Gasteiger partial charge in [0.15, 0.2) is 6.10 Å². The molecule has 6 heteroatoms. The minimum absolute atomic E-state index is 0.0948. The fourth-order valence-corrected chi connectivity index (χ4v) is 10.3. The minimum Gasteiger partial charge on any atom is -0.462 e. The zero-order valence-electron chi connectivity index (χ0n) is 54.5. The first-order chi connectivity index (χ1) is 40.5. The van der Waals surface area contributed by atoms with Gasteiger partial charge in [0, 0.05) is 19.3 Å². The fourth-order valence-electron chi connectivity index (χ4n) is 10.3. The van der Waals surface area contributed by atoms with Crippen molar-refractivity contribution in [2.75, 3.05) is 13.2 Å². The highest BCUT2D eigenvalue weighted by molar-refractivity contribution is 5.71. The van der Waals surface area contributed by atoms with Crippen LogP contribution in [-0.2, 0) is 28.6 Å². The molecule has 0 spiro atoms. The highest BCUT2D eigenvalue weighted by Crippen LogP contribution is 2.18. The highest BCUT2D eigenvalue weighted by Gasteiger charge is 2.19. The Bertz CT molecular complexity index is 1550. The maximum Gasteiger partial charge on any atom is 0.306 e. The fraction of sp³-hybridized carbons (Fsp3) is 0.776. The van der Waals surface area contributed by atoms with Crippen molar-refractivity contribution in [1.82, 2.24) is 0 Å². The van der Waals surface area contributed by atoms with Crippen LogP contribution in [-0.4, -0.2) is 37.2 Å². The summed E-state index contributed by atoms with van der Waals surface area (Å²) in [5.74, 6) is -0.946. The Balaban J connectivity index is 4.30. The Labute approximate surface area is 509 Å².